The molecule has 0 fully saturated rings. The Balaban J connectivity index is 1.37. The van der Waals surface area contributed by atoms with Gasteiger partial charge in [0.05, 0.1) is 33.8 Å². The second-order valence-electron chi connectivity index (χ2n) is 24.7. The van der Waals surface area contributed by atoms with Crippen molar-refractivity contribution in [2.75, 3.05) is 0 Å². The van der Waals surface area contributed by atoms with Crippen LogP contribution in [0.2, 0.25) is 16.6 Å². The van der Waals surface area contributed by atoms with Crippen molar-refractivity contribution in [1.29, 1.82) is 0 Å². The number of aromatic amines is 2. The number of fused-ring (bicyclic) bond motifs is 8. The van der Waals surface area contributed by atoms with Crippen LogP contribution in [0.5, 0.6) is 0 Å². The van der Waals surface area contributed by atoms with Crippen molar-refractivity contribution in [3.05, 3.63) is 152 Å². The van der Waals surface area contributed by atoms with Gasteiger partial charge in [0.25, 0.3) is 0 Å². The SMILES string of the molecule is CCC1=C(C)c2nc1cc1[nH]c(c(C)c1CC)c(-c1cc(C(C)(C)C)cc(C(C)(C)C)c1)c1[nH]c(cc3nc(c2-c2ccc(C#Cc4ccc(C#C[Si](C(C)C)(C(C)C)C(C)C)cc4)cc2)C(C)=C3CC)c(CC)c1C. The Bertz CT molecular complexity index is 3420. The van der Waals surface area contributed by atoms with Gasteiger partial charge in [0.15, 0.2) is 0 Å². The lowest BCUT2D eigenvalue weighted by atomic mass is 9.78. The normalized spacial score (nSPS) is 13.2. The molecule has 3 aromatic carbocycles. The summed E-state index contributed by atoms with van der Waals surface area (Å²) in [5, 5.41) is 0. The molecular weight excluding hydrogens is 937 g/mol. The first-order valence-electron chi connectivity index (χ1n) is 28.5. The molecule has 4 nitrogen and oxygen atoms in total. The molecular formula is C71H86N4Si. The molecule has 8 rings (SSSR count). The van der Waals surface area contributed by atoms with Crippen LogP contribution in [0.1, 0.15) is 210 Å². The summed E-state index contributed by atoms with van der Waals surface area (Å²) in [6.07, 6.45) is 3.48. The minimum absolute atomic E-state index is 0.0455. The highest BCUT2D eigenvalue weighted by molar-refractivity contribution is 6.90. The first-order chi connectivity index (χ1) is 35.9. The molecule has 5 heteroatoms. The molecule has 0 saturated carbocycles. The molecule has 3 aromatic heterocycles. The number of nitrogens with zero attached hydrogens (tertiary/aromatic N) is 2. The van der Waals surface area contributed by atoms with E-state index in [4.69, 9.17) is 9.97 Å². The summed E-state index contributed by atoms with van der Waals surface area (Å²) in [7, 11) is -1.82. The fraction of sp³-hybridized carbons (Fsp3) is 0.408. The first kappa shape index (κ1) is 55.8. The third-order valence-corrected chi connectivity index (χ3v) is 23.4. The van der Waals surface area contributed by atoms with E-state index < -0.39 is 8.07 Å². The number of rotatable bonds is 9. The zero-order chi connectivity index (χ0) is 55.3. The highest BCUT2D eigenvalue weighted by Gasteiger charge is 2.41. The third kappa shape index (κ3) is 10.3. The summed E-state index contributed by atoms with van der Waals surface area (Å²) in [4.78, 5) is 19.6. The molecule has 394 valence electrons. The fourth-order valence-corrected chi connectivity index (χ4v) is 17.9. The van der Waals surface area contributed by atoms with E-state index in [1.54, 1.807) is 0 Å². The van der Waals surface area contributed by atoms with Crippen LogP contribution >= 0.6 is 0 Å². The third-order valence-electron chi connectivity index (χ3n) is 17.1. The van der Waals surface area contributed by atoms with Gasteiger partial charge < -0.3 is 9.97 Å². The van der Waals surface area contributed by atoms with Crippen molar-refractivity contribution in [3.63, 3.8) is 0 Å². The van der Waals surface area contributed by atoms with Crippen molar-refractivity contribution in [1.82, 2.24) is 19.9 Å². The summed E-state index contributed by atoms with van der Waals surface area (Å²) in [5.41, 5.74) is 34.4. The van der Waals surface area contributed by atoms with E-state index in [0.717, 1.165) is 98.3 Å². The summed E-state index contributed by atoms with van der Waals surface area (Å²) >= 11 is 0. The summed E-state index contributed by atoms with van der Waals surface area (Å²) < 4.78 is 0. The fourth-order valence-electron chi connectivity index (χ4n) is 12.6. The number of allylic oxidation sites excluding steroid dienone is 4. The molecule has 76 heavy (non-hydrogen) atoms. The van der Waals surface area contributed by atoms with Gasteiger partial charge in [-0.3, -0.25) is 0 Å². The molecule has 0 radical (unpaired) electrons. The van der Waals surface area contributed by atoms with Crippen LogP contribution in [0.3, 0.4) is 0 Å². The van der Waals surface area contributed by atoms with Crippen molar-refractivity contribution >= 4 is 52.4 Å². The molecule has 0 atom stereocenters. The van der Waals surface area contributed by atoms with Crippen LogP contribution in [0.15, 0.2) is 78.9 Å². The van der Waals surface area contributed by atoms with Crippen LogP contribution in [0.25, 0.3) is 66.6 Å². The van der Waals surface area contributed by atoms with E-state index in [1.165, 1.54) is 66.8 Å². The van der Waals surface area contributed by atoms with Crippen LogP contribution in [-0.2, 0) is 23.7 Å². The number of aromatic nitrogens is 4. The minimum Gasteiger partial charge on any atom is -0.354 e. The Morgan fingerprint density at radius 1 is 0.474 bits per heavy atom. The summed E-state index contributed by atoms with van der Waals surface area (Å²) in [5.74, 6) is 10.5. The van der Waals surface area contributed by atoms with Gasteiger partial charge in [0.2, 0.25) is 0 Å². The second kappa shape index (κ2) is 21.6. The minimum atomic E-state index is -1.82. The molecule has 8 bridgehead atoms. The standard InChI is InChI=1S/C71H86N4Si/c1-21-56-45(11)66-64(52-33-31-50(32-34-52)26-25-49-27-29-51(30-28-49)35-36-76(42(5)6,43(7)8)44(9)10)67-46(12)57(22-2)61(73-67)41-63-59(24-4)48(14)69(75-63)65(68-47(13)58(23-3)62(74-68)40-60(56)72-66)53-37-54(70(15,16)17)39-55(38-53)71(18,19)20/h27-34,37-44,74-75H,21-24H2,1-20H3. The van der Waals surface area contributed by atoms with E-state index in [2.05, 4.69) is 251 Å². The number of aryl methyl sites for hydroxylation is 4. The zero-order valence-corrected chi connectivity index (χ0v) is 51.0. The van der Waals surface area contributed by atoms with Gasteiger partial charge in [-0.25, -0.2) is 9.97 Å². The Morgan fingerprint density at radius 2 is 0.855 bits per heavy atom. The summed E-state index contributed by atoms with van der Waals surface area (Å²) in [6.45, 7) is 46.4. The highest BCUT2D eigenvalue weighted by Crippen LogP contribution is 2.46. The predicted molar refractivity (Wildman–Crippen MR) is 333 cm³/mol. The van der Waals surface area contributed by atoms with Crippen LogP contribution in [0.4, 0.5) is 0 Å². The number of H-pyrrole nitrogens is 2. The molecule has 0 aliphatic carbocycles. The number of hydrogen-bond acceptors (Lipinski definition) is 2. The van der Waals surface area contributed by atoms with Crippen LogP contribution < -0.4 is 0 Å². The molecule has 2 aliphatic heterocycles. The lowest BCUT2D eigenvalue weighted by Gasteiger charge is -2.38. The van der Waals surface area contributed by atoms with E-state index >= 15 is 0 Å². The van der Waals surface area contributed by atoms with Gasteiger partial charge in [-0.15, -0.1) is 5.54 Å². The quantitative estimate of drug-likeness (QED) is 0.112. The number of nitrogens with one attached hydrogen (secondary N) is 2. The largest absolute Gasteiger partial charge is 0.354 e. The van der Waals surface area contributed by atoms with Crippen molar-refractivity contribution in [3.8, 4) is 45.6 Å². The number of hydrogen-bond donors (Lipinski definition) is 2. The van der Waals surface area contributed by atoms with E-state index in [1.807, 2.05) is 0 Å². The van der Waals surface area contributed by atoms with Crippen molar-refractivity contribution in [2.45, 2.75) is 192 Å². The maximum absolute atomic E-state index is 5.69. The molecule has 0 amide bonds. The molecule has 5 heterocycles. The monoisotopic (exact) mass is 1020 g/mol. The van der Waals surface area contributed by atoms with Crippen molar-refractivity contribution in [2.24, 2.45) is 0 Å². The Kier molecular flexibility index (Phi) is 15.8. The average Bonchev–Trinajstić information content (AvgIpc) is 4.08. The maximum atomic E-state index is 5.69. The summed E-state index contributed by atoms with van der Waals surface area (Å²) in [6, 6.07) is 29.2. The van der Waals surface area contributed by atoms with Crippen molar-refractivity contribution < 1.29 is 0 Å². The highest BCUT2D eigenvalue weighted by atomic mass is 28.3. The lowest BCUT2D eigenvalue weighted by Crippen LogP contribution is -2.43. The molecule has 0 spiro atoms. The molecule has 0 unspecified atom stereocenters. The molecule has 2 N–H and O–H groups in total. The average molecular weight is 1020 g/mol. The number of benzene rings is 3. The zero-order valence-electron chi connectivity index (χ0n) is 50.0. The van der Waals surface area contributed by atoms with Gasteiger partial charge in [0.1, 0.15) is 8.07 Å². The van der Waals surface area contributed by atoms with Gasteiger partial charge in [0, 0.05) is 38.9 Å². The molecule has 2 aliphatic rings. The predicted octanol–water partition coefficient (Wildman–Crippen LogP) is 19.6. The van der Waals surface area contributed by atoms with Gasteiger partial charge in [-0.05, 0) is 196 Å². The lowest BCUT2D eigenvalue weighted by molar-refractivity contribution is 0.569. The maximum Gasteiger partial charge on any atom is 0.146 e. The Labute approximate surface area is 458 Å². The van der Waals surface area contributed by atoms with Crippen LogP contribution in [0, 0.1) is 37.2 Å². The van der Waals surface area contributed by atoms with Gasteiger partial charge in [-0.2, -0.15) is 0 Å². The van der Waals surface area contributed by atoms with E-state index in [9.17, 15) is 0 Å². The van der Waals surface area contributed by atoms with Crippen LogP contribution in [-0.4, -0.2) is 28.0 Å². The van der Waals surface area contributed by atoms with E-state index in [-0.39, 0.29) is 10.8 Å². The van der Waals surface area contributed by atoms with Gasteiger partial charge in [-0.1, -0.05) is 159 Å². The molecule has 6 aromatic rings. The topological polar surface area (TPSA) is 57.4 Å². The Morgan fingerprint density at radius 3 is 1.21 bits per heavy atom. The van der Waals surface area contributed by atoms with E-state index in [0.29, 0.717) is 16.6 Å². The molecule has 0 saturated heterocycles. The Hall–Kier alpha value is -6.40. The van der Waals surface area contributed by atoms with Gasteiger partial charge >= 0.3 is 0 Å². The second-order valence-corrected chi connectivity index (χ2v) is 30.3. The smallest absolute Gasteiger partial charge is 0.146 e. The first-order valence-corrected chi connectivity index (χ1v) is 30.7.